The predicted molar refractivity (Wildman–Crippen MR) is 210 cm³/mol. The lowest BCUT2D eigenvalue weighted by atomic mass is 9.85. The van der Waals surface area contributed by atoms with E-state index in [-0.39, 0.29) is 0 Å². The molecule has 9 aromatic carbocycles. The van der Waals surface area contributed by atoms with Crippen LogP contribution >= 0.6 is 0 Å². The van der Waals surface area contributed by atoms with Gasteiger partial charge in [-0.15, -0.1) is 0 Å². The maximum Gasteiger partial charge on any atom is 0.136 e. The fourth-order valence-electron chi connectivity index (χ4n) is 8.10. The van der Waals surface area contributed by atoms with Crippen LogP contribution in [-0.2, 0) is 0 Å². The summed E-state index contributed by atoms with van der Waals surface area (Å²) in [5, 5.41) is 11.9. The van der Waals surface area contributed by atoms with Gasteiger partial charge in [0, 0.05) is 21.5 Å². The van der Waals surface area contributed by atoms with Gasteiger partial charge < -0.3 is 8.83 Å². The van der Waals surface area contributed by atoms with E-state index in [0.29, 0.717) is 0 Å². The van der Waals surface area contributed by atoms with Crippen molar-refractivity contribution in [2.45, 2.75) is 0 Å². The molecule has 0 N–H and O–H groups in total. The molecule has 0 spiro atoms. The monoisotopic (exact) mass is 636 g/mol. The lowest BCUT2D eigenvalue weighted by Crippen LogP contribution is -1.91. The van der Waals surface area contributed by atoms with Gasteiger partial charge in [0.2, 0.25) is 0 Å². The zero-order valence-electron chi connectivity index (χ0n) is 27.0. The highest BCUT2D eigenvalue weighted by molar-refractivity contribution is 6.22. The smallest absolute Gasteiger partial charge is 0.136 e. The molecule has 2 aromatic heterocycles. The lowest BCUT2D eigenvalue weighted by molar-refractivity contribution is 0.669. The van der Waals surface area contributed by atoms with Gasteiger partial charge in [-0.05, 0) is 108 Å². The molecule has 0 aliphatic heterocycles. The van der Waals surface area contributed by atoms with Gasteiger partial charge in [-0.25, -0.2) is 0 Å². The summed E-state index contributed by atoms with van der Waals surface area (Å²) < 4.78 is 12.5. The average molecular weight is 637 g/mol. The van der Waals surface area contributed by atoms with E-state index in [1.165, 1.54) is 65.7 Å². The second-order valence-electron chi connectivity index (χ2n) is 13.2. The molecular formula is C48H28O2. The van der Waals surface area contributed by atoms with Crippen LogP contribution in [0.4, 0.5) is 0 Å². The van der Waals surface area contributed by atoms with E-state index < -0.39 is 0 Å². The molecule has 0 unspecified atom stereocenters. The van der Waals surface area contributed by atoms with Gasteiger partial charge >= 0.3 is 0 Å². The van der Waals surface area contributed by atoms with Crippen LogP contribution in [0, 0.1) is 0 Å². The number of fused-ring (bicyclic) bond motifs is 9. The van der Waals surface area contributed by atoms with Crippen molar-refractivity contribution in [1.82, 2.24) is 0 Å². The Morgan fingerprint density at radius 2 is 0.660 bits per heavy atom. The third-order valence-corrected chi connectivity index (χ3v) is 10.4. The summed E-state index contributed by atoms with van der Waals surface area (Å²) in [6.07, 6.45) is 0. The van der Waals surface area contributed by atoms with Crippen LogP contribution in [0.25, 0.3) is 110 Å². The first kappa shape index (κ1) is 27.3. The van der Waals surface area contributed by atoms with Crippen LogP contribution in [0.1, 0.15) is 0 Å². The second-order valence-corrected chi connectivity index (χ2v) is 13.2. The van der Waals surface area contributed by atoms with Crippen molar-refractivity contribution in [2.24, 2.45) is 0 Å². The van der Waals surface area contributed by atoms with Crippen LogP contribution < -0.4 is 0 Å². The molecule has 0 saturated carbocycles. The normalized spacial score (nSPS) is 12.0. The molecule has 2 heteroatoms. The molecule has 0 aliphatic carbocycles. The van der Waals surface area contributed by atoms with E-state index in [4.69, 9.17) is 8.83 Å². The molecule has 232 valence electrons. The molecule has 0 radical (unpaired) electrons. The van der Waals surface area contributed by atoms with Crippen LogP contribution in [0.3, 0.4) is 0 Å². The lowest BCUT2D eigenvalue weighted by Gasteiger charge is -2.18. The zero-order valence-corrected chi connectivity index (χ0v) is 27.0. The molecule has 11 aromatic rings. The largest absolute Gasteiger partial charge is 0.456 e. The molecule has 0 fully saturated rings. The van der Waals surface area contributed by atoms with E-state index in [2.05, 4.69) is 158 Å². The quantitative estimate of drug-likeness (QED) is 0.180. The molecule has 0 amide bonds. The number of benzene rings is 9. The first-order valence-corrected chi connectivity index (χ1v) is 17.1. The predicted octanol–water partition coefficient (Wildman–Crippen LogP) is 13.9. The van der Waals surface area contributed by atoms with E-state index >= 15 is 0 Å². The number of hydrogen-bond acceptors (Lipinski definition) is 2. The average Bonchev–Trinajstić information content (AvgIpc) is 3.73. The van der Waals surface area contributed by atoms with Crippen molar-refractivity contribution >= 4 is 76.2 Å². The van der Waals surface area contributed by atoms with Crippen LogP contribution in [0.5, 0.6) is 0 Å². The summed E-state index contributed by atoms with van der Waals surface area (Å²) in [5.74, 6) is 0. The Bertz CT molecular complexity index is 3080. The third-order valence-electron chi connectivity index (χ3n) is 10.4. The minimum absolute atomic E-state index is 0.907. The molecule has 2 nitrogen and oxygen atoms in total. The fraction of sp³-hybridized carbons (Fsp3) is 0. The Hall–Kier alpha value is -6.64. The van der Waals surface area contributed by atoms with Crippen molar-refractivity contribution in [3.05, 3.63) is 170 Å². The van der Waals surface area contributed by atoms with Crippen molar-refractivity contribution in [3.63, 3.8) is 0 Å². The van der Waals surface area contributed by atoms with E-state index in [1.54, 1.807) is 0 Å². The Morgan fingerprint density at radius 3 is 1.34 bits per heavy atom. The molecule has 0 atom stereocenters. The summed E-state index contributed by atoms with van der Waals surface area (Å²) in [6, 6.07) is 61.0. The highest BCUT2D eigenvalue weighted by Gasteiger charge is 2.18. The Kier molecular flexibility index (Phi) is 5.70. The number of furan rings is 2. The molecule has 2 heterocycles. The van der Waals surface area contributed by atoms with E-state index in [0.717, 1.165) is 43.9 Å². The minimum atomic E-state index is 0.907. The van der Waals surface area contributed by atoms with Gasteiger partial charge in [0.25, 0.3) is 0 Å². The summed E-state index contributed by atoms with van der Waals surface area (Å²) in [7, 11) is 0. The number of hydrogen-bond donors (Lipinski definition) is 0. The molecule has 50 heavy (non-hydrogen) atoms. The fourth-order valence-corrected chi connectivity index (χ4v) is 8.10. The summed E-state index contributed by atoms with van der Waals surface area (Å²) in [5.41, 5.74) is 10.9. The highest BCUT2D eigenvalue weighted by Crippen LogP contribution is 2.45. The minimum Gasteiger partial charge on any atom is -0.456 e. The topological polar surface area (TPSA) is 26.3 Å². The summed E-state index contributed by atoms with van der Waals surface area (Å²) in [4.78, 5) is 0. The van der Waals surface area contributed by atoms with Crippen molar-refractivity contribution in [2.75, 3.05) is 0 Å². The molecule has 11 rings (SSSR count). The maximum atomic E-state index is 6.38. The third kappa shape index (κ3) is 4.03. The molecule has 0 saturated heterocycles. The first-order chi connectivity index (χ1) is 24.8. The van der Waals surface area contributed by atoms with Gasteiger partial charge in [0.1, 0.15) is 22.3 Å². The Morgan fingerprint density at radius 1 is 0.240 bits per heavy atom. The zero-order chi connectivity index (χ0) is 32.8. The van der Waals surface area contributed by atoms with Crippen LogP contribution in [-0.4, -0.2) is 0 Å². The van der Waals surface area contributed by atoms with Crippen LogP contribution in [0.15, 0.2) is 179 Å². The first-order valence-electron chi connectivity index (χ1n) is 17.1. The second kappa shape index (κ2) is 10.4. The van der Waals surface area contributed by atoms with E-state index in [1.807, 2.05) is 12.1 Å². The molecular weight excluding hydrogens is 609 g/mol. The Balaban J connectivity index is 1.09. The van der Waals surface area contributed by atoms with Gasteiger partial charge in [-0.1, -0.05) is 127 Å². The van der Waals surface area contributed by atoms with E-state index in [9.17, 15) is 0 Å². The van der Waals surface area contributed by atoms with Gasteiger partial charge in [0.05, 0.1) is 0 Å². The van der Waals surface area contributed by atoms with Crippen molar-refractivity contribution in [1.29, 1.82) is 0 Å². The van der Waals surface area contributed by atoms with Crippen molar-refractivity contribution in [3.8, 4) is 33.4 Å². The standard InChI is InChI=1S/C48H28O2/c1-2-10-32-28-46-42(25-31(32)9-1)41-27-34(22-24-45(41)50-46)48-38-14-5-3-12-36(38)47(37-13-4-6-15-39(37)48)30-19-17-29(18-20-30)33-21-23-44-40(26-33)35-11-7-8-16-43(35)49-44/h1-28H. The Labute approximate surface area is 287 Å². The summed E-state index contributed by atoms with van der Waals surface area (Å²) >= 11 is 0. The van der Waals surface area contributed by atoms with Gasteiger partial charge in [-0.2, -0.15) is 0 Å². The van der Waals surface area contributed by atoms with Gasteiger partial charge in [0.15, 0.2) is 0 Å². The molecule has 0 aliphatic rings. The number of para-hydroxylation sites is 1. The van der Waals surface area contributed by atoms with Crippen LogP contribution in [0.2, 0.25) is 0 Å². The molecule has 0 bridgehead atoms. The summed E-state index contributed by atoms with van der Waals surface area (Å²) in [6.45, 7) is 0. The SMILES string of the molecule is c1ccc2cc3c(cc2c1)oc1ccc(-c2c4ccccc4c(-c4ccc(-c5ccc6oc7ccccc7c6c5)cc4)c4ccccc24)cc13. The van der Waals surface area contributed by atoms with Crippen molar-refractivity contribution < 1.29 is 8.83 Å². The number of rotatable bonds is 3. The maximum absolute atomic E-state index is 6.38. The highest BCUT2D eigenvalue weighted by atomic mass is 16.3. The van der Waals surface area contributed by atoms with Gasteiger partial charge in [-0.3, -0.25) is 0 Å².